The van der Waals surface area contributed by atoms with Crippen LogP contribution in [0.15, 0.2) is 109 Å². The van der Waals surface area contributed by atoms with Crippen molar-refractivity contribution in [1.82, 2.24) is 0 Å². The molecule has 1 unspecified atom stereocenters. The third-order valence-electron chi connectivity index (χ3n) is 14.7. The molecule has 0 aromatic heterocycles. The Labute approximate surface area is 501 Å². The highest BCUT2D eigenvalue weighted by molar-refractivity contribution is 5.71. The van der Waals surface area contributed by atoms with E-state index in [9.17, 15) is 14.4 Å². The quantitative estimate of drug-likeness (QED) is 0.0261. The molecule has 0 aromatic rings. The zero-order chi connectivity index (χ0) is 58.5. The van der Waals surface area contributed by atoms with Crippen molar-refractivity contribution in [2.75, 3.05) is 13.2 Å². The molecule has 0 aromatic carbocycles. The molecule has 0 saturated heterocycles. The molecule has 6 heteroatoms. The molecule has 1 atom stereocenters. The summed E-state index contributed by atoms with van der Waals surface area (Å²) < 4.78 is 16.9. The molecule has 0 aliphatic rings. The lowest BCUT2D eigenvalue weighted by atomic mass is 10.0. The standard InChI is InChI=1S/C75H128O6/c1-4-7-10-13-16-19-22-25-28-29-30-31-32-33-34-35-36-37-38-39-40-41-42-43-44-45-48-50-53-56-59-62-65-68-74(77)80-71-72(81-75(78)69-66-63-60-57-54-51-47-27-24-21-18-15-12-9-6-3)70-79-73(76)67-64-61-58-55-52-49-46-26-23-20-17-14-11-8-5-2/h8-9,11-12,17-18,20-22,25-27,29-30,46-47,54,57,72H,4-7,10,13-16,19,23-24,28,31-45,48-53,55-56,58-71H2,1-3H3/b11-8-,12-9-,20-17-,21-18-,25-22-,30-29-,46-26-,47-27-,57-54-. The van der Waals surface area contributed by atoms with Gasteiger partial charge in [-0.2, -0.15) is 0 Å². The van der Waals surface area contributed by atoms with Crippen molar-refractivity contribution in [3.63, 3.8) is 0 Å². The number of esters is 3. The van der Waals surface area contributed by atoms with Crippen molar-refractivity contribution in [1.29, 1.82) is 0 Å². The van der Waals surface area contributed by atoms with Gasteiger partial charge in [-0.3, -0.25) is 14.4 Å². The van der Waals surface area contributed by atoms with Crippen molar-refractivity contribution < 1.29 is 28.6 Å². The molecule has 0 heterocycles. The fraction of sp³-hybridized carbons (Fsp3) is 0.720. The monoisotopic (exact) mass is 1120 g/mol. The molecule has 0 rings (SSSR count). The Balaban J connectivity index is 4.19. The first-order chi connectivity index (χ1) is 40.0. The summed E-state index contributed by atoms with van der Waals surface area (Å²) in [7, 11) is 0. The van der Waals surface area contributed by atoms with Crippen LogP contribution in [0.4, 0.5) is 0 Å². The molecular weight excluding hydrogens is 997 g/mol. The third-order valence-corrected chi connectivity index (χ3v) is 14.7. The van der Waals surface area contributed by atoms with Crippen molar-refractivity contribution >= 4 is 17.9 Å². The van der Waals surface area contributed by atoms with Gasteiger partial charge in [-0.1, -0.05) is 297 Å². The molecule has 0 aliphatic carbocycles. The van der Waals surface area contributed by atoms with Crippen LogP contribution in [0.1, 0.15) is 329 Å². The second-order valence-corrected chi connectivity index (χ2v) is 22.7. The smallest absolute Gasteiger partial charge is 0.306 e. The highest BCUT2D eigenvalue weighted by Crippen LogP contribution is 2.17. The van der Waals surface area contributed by atoms with Gasteiger partial charge < -0.3 is 14.2 Å². The number of carbonyl (C=O) groups excluding carboxylic acids is 3. The topological polar surface area (TPSA) is 78.9 Å². The predicted octanol–water partition coefficient (Wildman–Crippen LogP) is 23.8. The summed E-state index contributed by atoms with van der Waals surface area (Å²) in [5.74, 6) is -0.949. The number of hydrogen-bond donors (Lipinski definition) is 0. The van der Waals surface area contributed by atoms with Gasteiger partial charge in [-0.15, -0.1) is 0 Å². The molecular formula is C75H128O6. The van der Waals surface area contributed by atoms with Gasteiger partial charge in [0.15, 0.2) is 6.10 Å². The fourth-order valence-electron chi connectivity index (χ4n) is 9.66. The summed E-state index contributed by atoms with van der Waals surface area (Å²) >= 11 is 0. The number of rotatable bonds is 62. The zero-order valence-corrected chi connectivity index (χ0v) is 53.3. The van der Waals surface area contributed by atoms with E-state index in [1.807, 2.05) is 0 Å². The molecule has 81 heavy (non-hydrogen) atoms. The van der Waals surface area contributed by atoms with Gasteiger partial charge in [0.2, 0.25) is 0 Å². The summed E-state index contributed by atoms with van der Waals surface area (Å²) in [6, 6.07) is 0. The van der Waals surface area contributed by atoms with Gasteiger partial charge in [-0.25, -0.2) is 0 Å². The largest absolute Gasteiger partial charge is 0.462 e. The molecule has 0 N–H and O–H groups in total. The minimum Gasteiger partial charge on any atom is -0.462 e. The lowest BCUT2D eigenvalue weighted by Crippen LogP contribution is -2.30. The molecule has 0 radical (unpaired) electrons. The molecule has 0 fully saturated rings. The Kier molecular flexibility index (Phi) is 65.2. The van der Waals surface area contributed by atoms with Crippen molar-refractivity contribution in [2.45, 2.75) is 335 Å². The van der Waals surface area contributed by atoms with Gasteiger partial charge in [0.25, 0.3) is 0 Å². The van der Waals surface area contributed by atoms with Crippen LogP contribution in [0.2, 0.25) is 0 Å². The zero-order valence-electron chi connectivity index (χ0n) is 53.3. The molecule has 6 nitrogen and oxygen atoms in total. The predicted molar refractivity (Wildman–Crippen MR) is 353 cm³/mol. The number of carbonyl (C=O) groups is 3. The molecule has 464 valence electrons. The minimum atomic E-state index is -0.808. The maximum Gasteiger partial charge on any atom is 0.306 e. The Bertz CT molecular complexity index is 1620. The van der Waals surface area contributed by atoms with Gasteiger partial charge >= 0.3 is 17.9 Å². The molecule has 0 aliphatic heterocycles. The molecule has 0 spiro atoms. The van der Waals surface area contributed by atoms with Crippen LogP contribution >= 0.6 is 0 Å². The molecule has 0 saturated carbocycles. The Morgan fingerprint density at radius 2 is 0.481 bits per heavy atom. The summed E-state index contributed by atoms with van der Waals surface area (Å²) in [6.45, 7) is 6.38. The average molecular weight is 1130 g/mol. The SMILES string of the molecule is CC/C=C\C/C=C\C/C=C\C/C=C\CCCCC(=O)OC(COC(=O)CCCCCCC/C=C\C/C=C\C/C=C\CC)COC(=O)CCCCCCCCCCCCCCCCCCCCCCC/C=C\C/C=C\CCCCCCC. The van der Waals surface area contributed by atoms with Crippen LogP contribution in [-0.4, -0.2) is 37.2 Å². The maximum atomic E-state index is 12.9. The average Bonchev–Trinajstić information content (AvgIpc) is 3.47. The fourth-order valence-corrected chi connectivity index (χ4v) is 9.66. The third kappa shape index (κ3) is 66.8. The highest BCUT2D eigenvalue weighted by atomic mass is 16.6. The van der Waals surface area contributed by atoms with E-state index in [0.29, 0.717) is 19.3 Å². The Morgan fingerprint density at radius 3 is 0.778 bits per heavy atom. The first-order valence-corrected chi connectivity index (χ1v) is 34.4. The van der Waals surface area contributed by atoms with E-state index >= 15 is 0 Å². The number of unbranched alkanes of at least 4 members (excludes halogenated alkanes) is 33. The van der Waals surface area contributed by atoms with Crippen LogP contribution < -0.4 is 0 Å². The Morgan fingerprint density at radius 1 is 0.259 bits per heavy atom. The number of ether oxygens (including phenoxy) is 3. The lowest BCUT2D eigenvalue weighted by molar-refractivity contribution is -0.167. The maximum absolute atomic E-state index is 12.9. The van der Waals surface area contributed by atoms with Crippen LogP contribution in [0.5, 0.6) is 0 Å². The van der Waals surface area contributed by atoms with Gasteiger partial charge in [-0.05, 0) is 122 Å². The summed E-state index contributed by atoms with van der Waals surface area (Å²) in [6.07, 6.45) is 94.2. The van der Waals surface area contributed by atoms with Crippen LogP contribution in [-0.2, 0) is 28.6 Å². The van der Waals surface area contributed by atoms with Gasteiger partial charge in [0, 0.05) is 19.3 Å². The van der Waals surface area contributed by atoms with Crippen molar-refractivity contribution in [3.8, 4) is 0 Å². The van der Waals surface area contributed by atoms with E-state index in [0.717, 1.165) is 122 Å². The van der Waals surface area contributed by atoms with Crippen molar-refractivity contribution in [2.24, 2.45) is 0 Å². The second kappa shape index (κ2) is 68.6. The minimum absolute atomic E-state index is 0.0991. The van der Waals surface area contributed by atoms with Crippen molar-refractivity contribution in [3.05, 3.63) is 109 Å². The number of hydrogen-bond acceptors (Lipinski definition) is 6. The molecule has 0 bridgehead atoms. The summed E-state index contributed by atoms with van der Waals surface area (Å²) in [5, 5.41) is 0. The molecule has 0 amide bonds. The normalized spacial score (nSPS) is 12.8. The summed E-state index contributed by atoms with van der Waals surface area (Å²) in [5.41, 5.74) is 0. The van der Waals surface area contributed by atoms with Crippen LogP contribution in [0, 0.1) is 0 Å². The Hall–Kier alpha value is -3.93. The van der Waals surface area contributed by atoms with Gasteiger partial charge in [0.1, 0.15) is 13.2 Å². The summed E-state index contributed by atoms with van der Waals surface area (Å²) in [4.78, 5) is 38.3. The first-order valence-electron chi connectivity index (χ1n) is 34.4. The van der Waals surface area contributed by atoms with Crippen LogP contribution in [0.3, 0.4) is 0 Å². The van der Waals surface area contributed by atoms with E-state index in [4.69, 9.17) is 14.2 Å². The highest BCUT2D eigenvalue weighted by Gasteiger charge is 2.19. The van der Waals surface area contributed by atoms with Crippen LogP contribution in [0.25, 0.3) is 0 Å². The lowest BCUT2D eigenvalue weighted by Gasteiger charge is -2.18. The number of allylic oxidation sites excluding steroid dienone is 18. The first kappa shape index (κ1) is 77.1. The van der Waals surface area contributed by atoms with Gasteiger partial charge in [0.05, 0.1) is 0 Å². The van der Waals surface area contributed by atoms with E-state index in [2.05, 4.69) is 130 Å². The second-order valence-electron chi connectivity index (χ2n) is 22.7. The van der Waals surface area contributed by atoms with E-state index in [1.54, 1.807) is 0 Å². The van der Waals surface area contributed by atoms with E-state index < -0.39 is 6.10 Å². The van der Waals surface area contributed by atoms with E-state index in [1.165, 1.54) is 161 Å². The van der Waals surface area contributed by atoms with E-state index in [-0.39, 0.29) is 37.5 Å².